The minimum atomic E-state index is -2.77. The van der Waals surface area contributed by atoms with Crippen LogP contribution in [0.4, 0.5) is 0 Å². The number of fused-ring (bicyclic) bond motifs is 3. The summed E-state index contributed by atoms with van der Waals surface area (Å²) in [7, 11) is 3.08. The fourth-order valence-electron chi connectivity index (χ4n) is 6.77. The lowest BCUT2D eigenvalue weighted by Gasteiger charge is -2.59. The van der Waals surface area contributed by atoms with Crippen LogP contribution in [0.25, 0.3) is 5.76 Å². The van der Waals surface area contributed by atoms with Crippen molar-refractivity contribution >= 4 is 29.0 Å². The number of nitrogens with zero attached hydrogens (tertiary/aromatic N) is 1. The van der Waals surface area contributed by atoms with Crippen LogP contribution in [0.3, 0.4) is 0 Å². The molecule has 10 nitrogen and oxygen atoms in total. The molecule has 192 valence electrons. The van der Waals surface area contributed by atoms with Crippen LogP contribution in [0, 0.1) is 10.8 Å². The van der Waals surface area contributed by atoms with Crippen molar-refractivity contribution in [3.05, 3.63) is 45.7 Å². The van der Waals surface area contributed by atoms with Gasteiger partial charge in [-0.3, -0.25) is 24.1 Å². The first kappa shape index (κ1) is 25.6. The van der Waals surface area contributed by atoms with E-state index in [1.165, 1.54) is 38.1 Å². The van der Waals surface area contributed by atoms with E-state index in [4.69, 9.17) is 5.73 Å². The number of aliphatic hydroxyl groups is 3. The van der Waals surface area contributed by atoms with Crippen molar-refractivity contribution in [2.75, 3.05) is 14.1 Å². The van der Waals surface area contributed by atoms with E-state index in [0.29, 0.717) is 11.1 Å². The molecule has 0 radical (unpaired) electrons. The Hall–Kier alpha value is -3.50. The van der Waals surface area contributed by atoms with E-state index in [2.05, 4.69) is 0 Å². The fraction of sp³-hybridized carbons (Fsp3) is 0.462. The van der Waals surface area contributed by atoms with Gasteiger partial charge in [0, 0.05) is 28.4 Å². The Morgan fingerprint density at radius 3 is 2.28 bits per heavy atom. The number of rotatable bonds is 4. The number of aliphatic hydroxyl groups excluding tert-OH is 2. The molecule has 1 amide bonds. The fourth-order valence-corrected chi connectivity index (χ4v) is 6.77. The van der Waals surface area contributed by atoms with E-state index >= 15 is 0 Å². The van der Waals surface area contributed by atoms with Crippen LogP contribution in [0.15, 0.2) is 29.0 Å². The van der Waals surface area contributed by atoms with Crippen molar-refractivity contribution in [3.63, 3.8) is 0 Å². The average Bonchev–Trinajstić information content (AvgIpc) is 2.75. The molecule has 1 fully saturated rings. The molecule has 0 spiro atoms. The summed E-state index contributed by atoms with van der Waals surface area (Å²) in [5.74, 6) is -5.60. The van der Waals surface area contributed by atoms with Gasteiger partial charge < -0.3 is 26.2 Å². The molecule has 4 atom stereocenters. The number of amides is 1. The van der Waals surface area contributed by atoms with Gasteiger partial charge in [0.25, 0.3) is 5.91 Å². The summed E-state index contributed by atoms with van der Waals surface area (Å²) in [4.78, 5) is 53.7. The molecule has 1 aromatic rings. The smallest absolute Gasteiger partial charge is 0.255 e. The van der Waals surface area contributed by atoms with Crippen LogP contribution in [0.5, 0.6) is 5.75 Å². The van der Waals surface area contributed by atoms with Crippen LogP contribution in [0.1, 0.15) is 55.1 Å². The minimum absolute atomic E-state index is 0.0378. The zero-order valence-corrected chi connectivity index (χ0v) is 20.8. The lowest BCUT2D eigenvalue weighted by atomic mass is 9.46. The summed E-state index contributed by atoms with van der Waals surface area (Å²) in [5.41, 5.74) is -0.870. The Bertz CT molecular complexity index is 1330. The molecular weight excluding hydrogens is 468 g/mol. The number of benzene rings is 1. The van der Waals surface area contributed by atoms with Gasteiger partial charge in [-0.2, -0.15) is 0 Å². The van der Waals surface area contributed by atoms with E-state index in [9.17, 15) is 39.6 Å². The Morgan fingerprint density at radius 1 is 1.14 bits per heavy atom. The number of hydrogen-bond acceptors (Lipinski definition) is 9. The predicted molar refractivity (Wildman–Crippen MR) is 128 cm³/mol. The Kier molecular flexibility index (Phi) is 5.51. The van der Waals surface area contributed by atoms with Gasteiger partial charge in [0.05, 0.1) is 11.6 Å². The van der Waals surface area contributed by atoms with Gasteiger partial charge in [0.1, 0.15) is 22.8 Å². The number of phenolic OH excluding ortho intramolecular Hbond substituents is 1. The molecule has 1 aromatic carbocycles. The lowest BCUT2D eigenvalue weighted by molar-refractivity contribution is -0.175. The van der Waals surface area contributed by atoms with Gasteiger partial charge in [-0.05, 0) is 44.6 Å². The summed E-state index contributed by atoms with van der Waals surface area (Å²) < 4.78 is 0. The molecule has 3 aliphatic rings. The van der Waals surface area contributed by atoms with Gasteiger partial charge >= 0.3 is 0 Å². The van der Waals surface area contributed by atoms with Crippen molar-refractivity contribution in [1.82, 2.24) is 4.90 Å². The number of Topliss-reactive ketones (excluding diaryl/α,β-unsaturated/α-hetero) is 3. The molecule has 36 heavy (non-hydrogen) atoms. The number of phenols is 1. The van der Waals surface area contributed by atoms with Crippen LogP contribution in [-0.2, 0) is 20.8 Å². The maximum atomic E-state index is 14.1. The molecule has 0 saturated heterocycles. The first-order chi connectivity index (χ1) is 16.6. The molecule has 0 unspecified atom stereocenters. The largest absolute Gasteiger partial charge is 0.508 e. The van der Waals surface area contributed by atoms with Gasteiger partial charge in [-0.15, -0.1) is 0 Å². The highest BCUT2D eigenvalue weighted by Gasteiger charge is 2.72. The number of carbonyl (C=O) groups is 4. The molecule has 0 aromatic heterocycles. The van der Waals surface area contributed by atoms with Crippen molar-refractivity contribution in [2.24, 2.45) is 16.6 Å². The summed E-state index contributed by atoms with van der Waals surface area (Å²) in [5, 5.41) is 44.9. The van der Waals surface area contributed by atoms with Crippen LogP contribution in [0.2, 0.25) is 0 Å². The first-order valence-corrected chi connectivity index (χ1v) is 11.6. The third-order valence-electron chi connectivity index (χ3n) is 8.14. The van der Waals surface area contributed by atoms with Gasteiger partial charge in [0.15, 0.2) is 17.2 Å². The third-order valence-corrected chi connectivity index (χ3v) is 8.14. The number of ketones is 3. The second-order valence-electron chi connectivity index (χ2n) is 10.7. The highest BCUT2D eigenvalue weighted by atomic mass is 16.3. The zero-order chi connectivity index (χ0) is 27.1. The van der Waals surface area contributed by atoms with Gasteiger partial charge in [-0.25, -0.2) is 0 Å². The number of hydrogen-bond donors (Lipinski definition) is 5. The molecule has 10 heteroatoms. The Morgan fingerprint density at radius 2 is 1.75 bits per heavy atom. The molecule has 6 N–H and O–H groups in total. The summed E-state index contributed by atoms with van der Waals surface area (Å²) in [6.07, 6.45) is 0.116. The minimum Gasteiger partial charge on any atom is -0.508 e. The van der Waals surface area contributed by atoms with Crippen molar-refractivity contribution in [2.45, 2.75) is 51.7 Å². The van der Waals surface area contributed by atoms with Crippen LogP contribution < -0.4 is 5.73 Å². The van der Waals surface area contributed by atoms with E-state index < -0.39 is 57.0 Å². The van der Waals surface area contributed by atoms with Crippen LogP contribution >= 0.6 is 0 Å². The maximum Gasteiger partial charge on any atom is 0.255 e. The summed E-state index contributed by atoms with van der Waals surface area (Å²) in [6.45, 7) is 4.81. The lowest BCUT2D eigenvalue weighted by Crippen LogP contribution is -2.72. The Balaban J connectivity index is 2.10. The number of aromatic hydroxyl groups is 1. The van der Waals surface area contributed by atoms with Gasteiger partial charge in [-0.1, -0.05) is 20.8 Å². The third kappa shape index (κ3) is 2.91. The monoisotopic (exact) mass is 498 g/mol. The second-order valence-corrected chi connectivity index (χ2v) is 10.7. The average molecular weight is 499 g/mol. The number of carbonyl (C=O) groups excluding carboxylic acids is 4. The zero-order valence-electron chi connectivity index (χ0n) is 20.8. The molecule has 4 rings (SSSR count). The summed E-state index contributed by atoms with van der Waals surface area (Å²) >= 11 is 0. The van der Waals surface area contributed by atoms with Gasteiger partial charge in [0.2, 0.25) is 5.78 Å². The summed E-state index contributed by atoms with van der Waals surface area (Å²) in [6, 6.07) is 1.48. The van der Waals surface area contributed by atoms with Crippen LogP contribution in [-0.4, -0.2) is 74.3 Å². The normalized spacial score (nSPS) is 31.8. The predicted octanol–water partition coefficient (Wildman–Crippen LogP) is 1.34. The number of likely N-dealkylation sites (N-methyl/N-ethyl adjacent to an activating group) is 1. The quantitative estimate of drug-likeness (QED) is 0.302. The maximum absolute atomic E-state index is 14.1. The van der Waals surface area contributed by atoms with E-state index in [1.807, 2.05) is 0 Å². The van der Waals surface area contributed by atoms with E-state index in [-0.39, 0.29) is 41.9 Å². The topological polar surface area (TPSA) is 178 Å². The highest BCUT2D eigenvalue weighted by Crippen LogP contribution is 2.63. The molecule has 0 aliphatic heterocycles. The highest BCUT2D eigenvalue weighted by molar-refractivity contribution is 6.25. The molecule has 0 bridgehead atoms. The SMILES string of the molecule is CCC(=O)c1ccc(O)c2c1C[C@@]1(C)C[C@@]3(C)[C@H](N(C)C)C(=O)C(C(N)=O)=C(O)[C@@]3(O)C(=O)C1=C2O. The standard InChI is InChI=1S/C26H30N2O8/c1-6-13(29)11-7-8-14(30)15-12(11)9-24(2)10-25(3)20(28(4)5)19(32)16(23(27)35)21(33)26(25,36)22(34)17(24)18(15)31/h7-8,20,30-31,33,36H,6,9-10H2,1-5H3,(H2,27,35)/t20-,24+,25+,26-/m1/s1. The Labute approximate surface area is 207 Å². The van der Waals surface area contributed by atoms with Crippen molar-refractivity contribution < 1.29 is 39.6 Å². The molecule has 1 saturated carbocycles. The number of primary amides is 1. The number of nitrogens with two attached hydrogens (primary N) is 1. The van der Waals surface area contributed by atoms with E-state index in [1.54, 1.807) is 13.8 Å². The van der Waals surface area contributed by atoms with E-state index in [0.717, 1.165) is 0 Å². The van der Waals surface area contributed by atoms with Crippen molar-refractivity contribution in [1.29, 1.82) is 0 Å². The molecule has 3 aliphatic carbocycles. The first-order valence-electron chi connectivity index (χ1n) is 11.6. The molecule has 0 heterocycles. The van der Waals surface area contributed by atoms with Crippen molar-refractivity contribution in [3.8, 4) is 5.75 Å². The molecular formula is C26H30N2O8. The second kappa shape index (κ2) is 7.75.